The van der Waals surface area contributed by atoms with Gasteiger partial charge in [0.25, 0.3) is 0 Å². The molecule has 7 heteroatoms. The summed E-state index contributed by atoms with van der Waals surface area (Å²) in [6.45, 7) is 2.09. The van der Waals surface area contributed by atoms with Crippen LogP contribution in [0.25, 0.3) is 11.3 Å². The van der Waals surface area contributed by atoms with E-state index in [0.717, 1.165) is 5.56 Å². The number of esters is 1. The Balaban J connectivity index is 2.09. The Morgan fingerprint density at radius 3 is 2.64 bits per heavy atom. The third-order valence-corrected chi connectivity index (χ3v) is 2.67. The number of nitrogens with zero attached hydrogens (tertiary/aromatic N) is 1. The van der Waals surface area contributed by atoms with Crippen LogP contribution in [0.4, 0.5) is 4.79 Å². The highest BCUT2D eigenvalue weighted by Crippen LogP contribution is 2.22. The molecule has 0 aliphatic carbocycles. The maximum Gasteiger partial charge on any atom is 0.338 e. The first-order chi connectivity index (χ1) is 10.6. The fourth-order valence-electron chi connectivity index (χ4n) is 1.72. The smallest absolute Gasteiger partial charge is 0.338 e. The van der Waals surface area contributed by atoms with Crippen molar-refractivity contribution < 1.29 is 18.7 Å². The summed E-state index contributed by atoms with van der Waals surface area (Å²) < 4.78 is 10.5. The van der Waals surface area contributed by atoms with E-state index >= 15 is 0 Å². The zero-order valence-corrected chi connectivity index (χ0v) is 11.9. The Morgan fingerprint density at radius 1 is 1.27 bits per heavy atom. The van der Waals surface area contributed by atoms with E-state index in [0.29, 0.717) is 23.7 Å². The first-order valence-corrected chi connectivity index (χ1v) is 6.56. The highest BCUT2D eigenvalue weighted by Gasteiger charge is 2.08. The molecule has 0 atom stereocenters. The van der Waals surface area contributed by atoms with E-state index < -0.39 is 6.03 Å². The molecule has 0 saturated heterocycles. The van der Waals surface area contributed by atoms with Crippen molar-refractivity contribution >= 4 is 18.2 Å². The lowest BCUT2D eigenvalue weighted by Gasteiger charge is -2.02. The second-order valence-corrected chi connectivity index (χ2v) is 4.23. The summed E-state index contributed by atoms with van der Waals surface area (Å²) >= 11 is 0. The molecule has 0 unspecified atom stereocenters. The monoisotopic (exact) mass is 301 g/mol. The van der Waals surface area contributed by atoms with Crippen LogP contribution in [0.1, 0.15) is 23.0 Å². The summed E-state index contributed by atoms with van der Waals surface area (Å²) in [5, 5.41) is 3.60. The first kappa shape index (κ1) is 15.3. The number of carbonyl (C=O) groups excluding carboxylic acids is 2. The number of hydrogen-bond donors (Lipinski definition) is 2. The minimum Gasteiger partial charge on any atom is -0.462 e. The van der Waals surface area contributed by atoms with E-state index in [-0.39, 0.29) is 5.97 Å². The summed E-state index contributed by atoms with van der Waals surface area (Å²) in [4.78, 5) is 22.0. The van der Waals surface area contributed by atoms with Gasteiger partial charge < -0.3 is 14.9 Å². The van der Waals surface area contributed by atoms with Gasteiger partial charge in [0, 0.05) is 5.56 Å². The van der Waals surface area contributed by atoms with Gasteiger partial charge in [-0.25, -0.2) is 15.0 Å². The highest BCUT2D eigenvalue weighted by atomic mass is 16.5. The maximum absolute atomic E-state index is 11.6. The first-order valence-electron chi connectivity index (χ1n) is 6.56. The third kappa shape index (κ3) is 3.95. The second kappa shape index (κ2) is 7.07. The van der Waals surface area contributed by atoms with Crippen LogP contribution < -0.4 is 11.2 Å². The molecule has 1 heterocycles. The minimum absolute atomic E-state index is 0.334. The molecule has 2 amide bonds. The fourth-order valence-corrected chi connectivity index (χ4v) is 1.72. The highest BCUT2D eigenvalue weighted by molar-refractivity contribution is 5.90. The molecule has 0 aliphatic heterocycles. The predicted octanol–water partition coefficient (Wildman–Crippen LogP) is 2.13. The Bertz CT molecular complexity index is 689. The van der Waals surface area contributed by atoms with Crippen LogP contribution in [-0.4, -0.2) is 24.8 Å². The van der Waals surface area contributed by atoms with Gasteiger partial charge in [0.05, 0.1) is 18.4 Å². The van der Waals surface area contributed by atoms with Gasteiger partial charge in [-0.2, -0.15) is 5.10 Å². The molecule has 0 spiro atoms. The quantitative estimate of drug-likeness (QED) is 0.501. The molecule has 0 fully saturated rings. The van der Waals surface area contributed by atoms with Gasteiger partial charge in [0.1, 0.15) is 11.5 Å². The van der Waals surface area contributed by atoms with Gasteiger partial charge in [-0.3, -0.25) is 0 Å². The molecule has 0 aliphatic rings. The summed E-state index contributed by atoms with van der Waals surface area (Å²) in [6.07, 6.45) is 1.33. The minimum atomic E-state index is -0.752. The normalized spacial score (nSPS) is 10.6. The summed E-state index contributed by atoms with van der Waals surface area (Å²) in [6, 6.07) is 9.54. The molecule has 1 aromatic carbocycles. The third-order valence-electron chi connectivity index (χ3n) is 2.67. The fraction of sp³-hybridized carbons (Fsp3) is 0.133. The van der Waals surface area contributed by atoms with Gasteiger partial charge in [-0.15, -0.1) is 0 Å². The molecule has 1 aromatic heterocycles. The summed E-state index contributed by atoms with van der Waals surface area (Å²) in [5.74, 6) is 0.702. The second-order valence-electron chi connectivity index (χ2n) is 4.23. The van der Waals surface area contributed by atoms with Crippen LogP contribution in [0.5, 0.6) is 0 Å². The lowest BCUT2D eigenvalue weighted by molar-refractivity contribution is 0.0526. The molecule has 114 valence electrons. The molecule has 0 saturated carbocycles. The Hall–Kier alpha value is -3.09. The number of primary amides is 1. The number of benzene rings is 1. The SMILES string of the molecule is CCOC(=O)c1ccc(-c2ccc(/C=N\NC(N)=O)o2)cc1. The number of hydrazone groups is 1. The van der Waals surface area contributed by atoms with Crippen LogP contribution in [-0.2, 0) is 4.74 Å². The van der Waals surface area contributed by atoms with E-state index in [4.69, 9.17) is 14.9 Å². The standard InChI is InChI=1S/C15H15N3O4/c1-2-21-14(19)11-5-3-10(4-6-11)13-8-7-12(22-13)9-17-18-15(16)20/h3-9H,2H2,1H3,(H3,16,18,20)/b17-9-. The number of rotatable bonds is 5. The van der Waals surface area contributed by atoms with Crippen molar-refractivity contribution in [2.24, 2.45) is 10.8 Å². The van der Waals surface area contributed by atoms with E-state index in [1.807, 2.05) is 0 Å². The van der Waals surface area contributed by atoms with E-state index in [9.17, 15) is 9.59 Å². The van der Waals surface area contributed by atoms with Crippen molar-refractivity contribution in [3.05, 3.63) is 47.7 Å². The number of furan rings is 1. The van der Waals surface area contributed by atoms with Crippen LogP contribution in [0.2, 0.25) is 0 Å². The van der Waals surface area contributed by atoms with Crippen LogP contribution in [0.15, 0.2) is 45.9 Å². The average Bonchev–Trinajstić information content (AvgIpc) is 2.96. The van der Waals surface area contributed by atoms with Crippen LogP contribution in [0.3, 0.4) is 0 Å². The largest absolute Gasteiger partial charge is 0.462 e. The molecular weight excluding hydrogens is 286 g/mol. The van der Waals surface area contributed by atoms with Gasteiger partial charge in [0.2, 0.25) is 0 Å². The number of carbonyl (C=O) groups is 2. The Kier molecular flexibility index (Phi) is 4.92. The zero-order valence-electron chi connectivity index (χ0n) is 11.9. The average molecular weight is 301 g/mol. The molecule has 0 radical (unpaired) electrons. The lowest BCUT2D eigenvalue weighted by Crippen LogP contribution is -2.24. The number of urea groups is 1. The molecule has 0 bridgehead atoms. The zero-order chi connectivity index (χ0) is 15.9. The molecular formula is C15H15N3O4. The van der Waals surface area contributed by atoms with Crippen LogP contribution >= 0.6 is 0 Å². The van der Waals surface area contributed by atoms with E-state index in [1.165, 1.54) is 6.21 Å². The predicted molar refractivity (Wildman–Crippen MR) is 80.4 cm³/mol. The van der Waals surface area contributed by atoms with Crippen LogP contribution in [0, 0.1) is 0 Å². The van der Waals surface area contributed by atoms with Crippen molar-refractivity contribution in [2.45, 2.75) is 6.92 Å². The Morgan fingerprint density at radius 2 is 2.00 bits per heavy atom. The van der Waals surface area contributed by atoms with Crippen molar-refractivity contribution in [3.8, 4) is 11.3 Å². The van der Waals surface area contributed by atoms with Gasteiger partial charge in [0.15, 0.2) is 0 Å². The number of amides is 2. The van der Waals surface area contributed by atoms with Crippen molar-refractivity contribution in [2.75, 3.05) is 6.61 Å². The number of hydrogen-bond acceptors (Lipinski definition) is 5. The molecule has 2 rings (SSSR count). The number of ether oxygens (including phenoxy) is 1. The molecule has 2 aromatic rings. The van der Waals surface area contributed by atoms with Gasteiger partial charge >= 0.3 is 12.0 Å². The topological polar surface area (TPSA) is 107 Å². The van der Waals surface area contributed by atoms with Crippen molar-refractivity contribution in [1.29, 1.82) is 0 Å². The van der Waals surface area contributed by atoms with E-state index in [2.05, 4.69) is 10.5 Å². The molecule has 3 N–H and O–H groups in total. The van der Waals surface area contributed by atoms with Crippen molar-refractivity contribution in [1.82, 2.24) is 5.43 Å². The van der Waals surface area contributed by atoms with Gasteiger partial charge in [-0.05, 0) is 31.2 Å². The summed E-state index contributed by atoms with van der Waals surface area (Å²) in [5.41, 5.74) is 8.23. The lowest BCUT2D eigenvalue weighted by atomic mass is 10.1. The summed E-state index contributed by atoms with van der Waals surface area (Å²) in [7, 11) is 0. The van der Waals surface area contributed by atoms with Gasteiger partial charge in [-0.1, -0.05) is 12.1 Å². The molecule has 7 nitrogen and oxygen atoms in total. The van der Waals surface area contributed by atoms with Crippen molar-refractivity contribution in [3.63, 3.8) is 0 Å². The number of nitrogens with one attached hydrogen (secondary N) is 1. The Labute approximate surface area is 126 Å². The maximum atomic E-state index is 11.6. The number of nitrogens with two attached hydrogens (primary N) is 1. The molecule has 22 heavy (non-hydrogen) atoms. The van der Waals surface area contributed by atoms with E-state index in [1.54, 1.807) is 43.3 Å².